The zero-order valence-electron chi connectivity index (χ0n) is 13.7. The van der Waals surface area contributed by atoms with Gasteiger partial charge >= 0.3 is 0 Å². The molecule has 124 valence electrons. The maximum atomic E-state index is 4.37. The molecular weight excluding hydrogens is 306 g/mol. The Morgan fingerprint density at radius 3 is 2.33 bits per heavy atom. The van der Waals surface area contributed by atoms with Gasteiger partial charge in [0.1, 0.15) is 5.69 Å². The molecule has 3 aromatic heterocycles. The Morgan fingerprint density at radius 1 is 0.958 bits per heavy atom. The van der Waals surface area contributed by atoms with E-state index in [2.05, 4.69) is 39.9 Å². The molecule has 24 heavy (non-hydrogen) atoms. The molecule has 0 spiro atoms. The van der Waals surface area contributed by atoms with Crippen LogP contribution < -0.4 is 9.80 Å². The van der Waals surface area contributed by atoms with E-state index in [0.717, 1.165) is 55.3 Å². The lowest BCUT2D eigenvalue weighted by molar-refractivity contribution is 0.619. The molecule has 0 atom stereocenters. The number of H-pyrrole nitrogens is 1. The lowest BCUT2D eigenvalue weighted by Gasteiger charge is -2.34. The molecule has 1 fully saturated rings. The Hall–Kier alpha value is -2.97. The average molecular weight is 325 g/mol. The highest BCUT2D eigenvalue weighted by atomic mass is 15.4. The molecule has 0 radical (unpaired) electrons. The topological polar surface area (TPSA) is 91.7 Å². The molecule has 1 aliphatic heterocycles. The predicted molar refractivity (Wildman–Crippen MR) is 89.8 cm³/mol. The van der Waals surface area contributed by atoms with Crippen LogP contribution in [0.4, 0.5) is 11.9 Å². The number of nitrogens with one attached hydrogen (secondary N) is 1. The summed E-state index contributed by atoms with van der Waals surface area (Å²) >= 11 is 0. The van der Waals surface area contributed by atoms with Crippen molar-refractivity contribution in [1.82, 2.24) is 34.7 Å². The second-order valence-corrected chi connectivity index (χ2v) is 5.78. The first kappa shape index (κ1) is 14.6. The van der Waals surface area contributed by atoms with Crippen molar-refractivity contribution in [2.45, 2.75) is 6.92 Å². The first-order valence-corrected chi connectivity index (χ1v) is 7.90. The molecule has 9 nitrogen and oxygen atoms in total. The molecule has 1 saturated heterocycles. The number of aromatic nitrogens is 7. The van der Waals surface area contributed by atoms with Gasteiger partial charge in [-0.05, 0) is 13.0 Å². The van der Waals surface area contributed by atoms with Gasteiger partial charge in [0, 0.05) is 51.3 Å². The van der Waals surface area contributed by atoms with Gasteiger partial charge in [0.2, 0.25) is 11.9 Å². The van der Waals surface area contributed by atoms with Crippen molar-refractivity contribution in [3.8, 4) is 11.5 Å². The number of aryl methyl sites for hydroxylation is 1. The zero-order valence-corrected chi connectivity index (χ0v) is 13.7. The van der Waals surface area contributed by atoms with Crippen molar-refractivity contribution in [3.63, 3.8) is 0 Å². The molecule has 0 unspecified atom stereocenters. The summed E-state index contributed by atoms with van der Waals surface area (Å²) < 4.78 is 2.00. The first-order chi connectivity index (χ1) is 11.7. The Kier molecular flexibility index (Phi) is 3.60. The van der Waals surface area contributed by atoms with Crippen molar-refractivity contribution in [2.75, 3.05) is 36.0 Å². The van der Waals surface area contributed by atoms with Gasteiger partial charge < -0.3 is 14.8 Å². The van der Waals surface area contributed by atoms with Crippen molar-refractivity contribution in [2.24, 2.45) is 7.05 Å². The standard InChI is InChI=1S/C15H19N9/c1-11-12(19-10-18-11)13-20-21-15(22(13)2)24-8-6-23(7-9-24)14-16-4-3-5-17-14/h3-5,10H,6-9H2,1-2H3,(H,18,19). The molecule has 1 N–H and O–H groups in total. The molecule has 3 aromatic rings. The molecular formula is C15H19N9. The van der Waals surface area contributed by atoms with Crippen molar-refractivity contribution in [1.29, 1.82) is 0 Å². The summed E-state index contributed by atoms with van der Waals surface area (Å²) in [4.78, 5) is 20.5. The quantitative estimate of drug-likeness (QED) is 0.755. The molecule has 9 heteroatoms. The fourth-order valence-corrected chi connectivity index (χ4v) is 2.95. The second kappa shape index (κ2) is 5.91. The number of hydrogen-bond donors (Lipinski definition) is 1. The van der Waals surface area contributed by atoms with Crippen molar-refractivity contribution < 1.29 is 0 Å². The van der Waals surface area contributed by atoms with Crippen molar-refractivity contribution in [3.05, 3.63) is 30.5 Å². The maximum absolute atomic E-state index is 4.37. The first-order valence-electron chi connectivity index (χ1n) is 7.90. The highest BCUT2D eigenvalue weighted by molar-refractivity contribution is 5.55. The molecule has 4 rings (SSSR count). The van der Waals surface area contributed by atoms with E-state index < -0.39 is 0 Å². The molecule has 1 aliphatic rings. The smallest absolute Gasteiger partial charge is 0.227 e. The predicted octanol–water partition coefficient (Wildman–Crippen LogP) is 0.630. The minimum Gasteiger partial charge on any atom is -0.348 e. The van der Waals surface area contributed by atoms with E-state index in [9.17, 15) is 0 Å². The second-order valence-electron chi connectivity index (χ2n) is 5.78. The minimum atomic E-state index is 0.776. The number of anilines is 2. The number of imidazole rings is 1. The van der Waals surface area contributed by atoms with Gasteiger partial charge in [-0.15, -0.1) is 10.2 Å². The fourth-order valence-electron chi connectivity index (χ4n) is 2.95. The third kappa shape index (κ3) is 2.47. The van der Waals surface area contributed by atoms with Gasteiger partial charge in [0.05, 0.1) is 6.33 Å². The van der Waals surface area contributed by atoms with Crippen LogP contribution in [0.2, 0.25) is 0 Å². The summed E-state index contributed by atoms with van der Waals surface area (Å²) in [7, 11) is 1.98. The van der Waals surface area contributed by atoms with Crippen LogP contribution >= 0.6 is 0 Å². The fraction of sp³-hybridized carbons (Fsp3) is 0.400. The third-order valence-electron chi connectivity index (χ3n) is 4.29. The van der Waals surface area contributed by atoms with Crippen LogP contribution in [-0.4, -0.2) is 60.9 Å². The molecule has 0 amide bonds. The van der Waals surface area contributed by atoms with E-state index >= 15 is 0 Å². The summed E-state index contributed by atoms with van der Waals surface area (Å²) in [6.45, 7) is 5.39. The van der Waals surface area contributed by atoms with E-state index in [-0.39, 0.29) is 0 Å². The monoisotopic (exact) mass is 325 g/mol. The lowest BCUT2D eigenvalue weighted by atomic mass is 10.3. The number of rotatable bonds is 3. The molecule has 0 aromatic carbocycles. The molecule has 4 heterocycles. The van der Waals surface area contributed by atoms with Gasteiger partial charge in [-0.1, -0.05) is 0 Å². The van der Waals surface area contributed by atoms with Gasteiger partial charge in [-0.2, -0.15) is 0 Å². The number of nitrogens with zero attached hydrogens (tertiary/aromatic N) is 8. The Morgan fingerprint density at radius 2 is 1.67 bits per heavy atom. The van der Waals surface area contributed by atoms with Gasteiger partial charge in [-0.3, -0.25) is 4.57 Å². The Bertz CT molecular complexity index is 815. The summed E-state index contributed by atoms with van der Waals surface area (Å²) in [5, 5.41) is 8.69. The lowest BCUT2D eigenvalue weighted by Crippen LogP contribution is -2.47. The van der Waals surface area contributed by atoms with Crippen LogP contribution in [0.1, 0.15) is 5.69 Å². The minimum absolute atomic E-state index is 0.776. The van der Waals surface area contributed by atoms with E-state index in [0.29, 0.717) is 0 Å². The normalized spacial score (nSPS) is 15.1. The van der Waals surface area contributed by atoms with Gasteiger partial charge in [0.25, 0.3) is 0 Å². The van der Waals surface area contributed by atoms with Gasteiger partial charge in [-0.25, -0.2) is 15.0 Å². The van der Waals surface area contributed by atoms with Crippen LogP contribution in [0.25, 0.3) is 11.5 Å². The highest BCUT2D eigenvalue weighted by Gasteiger charge is 2.24. The summed E-state index contributed by atoms with van der Waals surface area (Å²) in [5.41, 5.74) is 1.83. The zero-order chi connectivity index (χ0) is 16.5. The summed E-state index contributed by atoms with van der Waals surface area (Å²) in [5.74, 6) is 2.42. The van der Waals surface area contributed by atoms with Crippen LogP contribution in [0.5, 0.6) is 0 Å². The highest BCUT2D eigenvalue weighted by Crippen LogP contribution is 2.22. The van der Waals surface area contributed by atoms with Crippen LogP contribution in [-0.2, 0) is 7.05 Å². The van der Waals surface area contributed by atoms with Crippen LogP contribution in [0.15, 0.2) is 24.8 Å². The van der Waals surface area contributed by atoms with E-state index in [1.807, 2.05) is 24.6 Å². The number of hydrogen-bond acceptors (Lipinski definition) is 7. The summed E-state index contributed by atoms with van der Waals surface area (Å²) in [6.07, 6.45) is 5.23. The summed E-state index contributed by atoms with van der Waals surface area (Å²) in [6, 6.07) is 1.83. The Labute approximate surface area is 139 Å². The molecule has 0 aliphatic carbocycles. The van der Waals surface area contributed by atoms with E-state index in [4.69, 9.17) is 0 Å². The largest absolute Gasteiger partial charge is 0.348 e. The third-order valence-corrected chi connectivity index (χ3v) is 4.29. The number of piperazine rings is 1. The molecule has 0 saturated carbocycles. The van der Waals surface area contributed by atoms with Crippen LogP contribution in [0, 0.1) is 6.92 Å². The van der Waals surface area contributed by atoms with E-state index in [1.54, 1.807) is 18.7 Å². The average Bonchev–Trinajstić information content (AvgIpc) is 3.21. The van der Waals surface area contributed by atoms with Gasteiger partial charge in [0.15, 0.2) is 5.82 Å². The molecule has 0 bridgehead atoms. The SMILES string of the molecule is Cc1[nH]cnc1-c1nnc(N2CCN(c3ncccn3)CC2)n1C. The van der Waals surface area contributed by atoms with Crippen molar-refractivity contribution >= 4 is 11.9 Å². The van der Waals surface area contributed by atoms with E-state index in [1.165, 1.54) is 0 Å². The number of aromatic amines is 1. The maximum Gasteiger partial charge on any atom is 0.227 e. The van der Waals surface area contributed by atoms with Crippen LogP contribution in [0.3, 0.4) is 0 Å². The Balaban J connectivity index is 1.51.